The summed E-state index contributed by atoms with van der Waals surface area (Å²) in [6, 6.07) is 9.39. The van der Waals surface area contributed by atoms with E-state index in [1.807, 2.05) is 44.2 Å². The maximum Gasteiger partial charge on any atom is 0.286 e. The number of anilines is 1. The van der Waals surface area contributed by atoms with Crippen LogP contribution in [0.25, 0.3) is 0 Å². The predicted molar refractivity (Wildman–Crippen MR) is 98.4 cm³/mol. The highest BCUT2D eigenvalue weighted by molar-refractivity contribution is 7.99. The van der Waals surface area contributed by atoms with E-state index in [1.54, 1.807) is 0 Å². The van der Waals surface area contributed by atoms with E-state index in [-0.39, 0.29) is 17.9 Å². The molecule has 8 heteroatoms. The van der Waals surface area contributed by atoms with Crippen LogP contribution in [-0.4, -0.2) is 33.8 Å². The van der Waals surface area contributed by atoms with Crippen LogP contribution < -0.4 is 10.6 Å². The van der Waals surface area contributed by atoms with Crippen LogP contribution in [0.2, 0.25) is 0 Å². The maximum atomic E-state index is 12.1. The lowest BCUT2D eigenvalue weighted by atomic mass is 10.3. The third-order valence-electron chi connectivity index (χ3n) is 3.17. The molecule has 0 fully saturated rings. The van der Waals surface area contributed by atoms with Gasteiger partial charge in [0.1, 0.15) is 5.01 Å². The topological polar surface area (TPSA) is 84.0 Å². The first-order valence-electron chi connectivity index (χ1n) is 7.64. The molecule has 6 nitrogen and oxygen atoms in total. The van der Waals surface area contributed by atoms with Crippen molar-refractivity contribution in [3.63, 3.8) is 0 Å². The van der Waals surface area contributed by atoms with Gasteiger partial charge in [0.15, 0.2) is 0 Å². The highest BCUT2D eigenvalue weighted by Gasteiger charge is 2.13. The van der Waals surface area contributed by atoms with Crippen molar-refractivity contribution < 1.29 is 9.59 Å². The molecule has 0 aliphatic rings. The van der Waals surface area contributed by atoms with Crippen LogP contribution in [-0.2, 0) is 10.5 Å². The van der Waals surface area contributed by atoms with E-state index >= 15 is 0 Å². The van der Waals surface area contributed by atoms with Gasteiger partial charge in [0.25, 0.3) is 5.91 Å². The number of nitrogens with zero attached hydrogens (tertiary/aromatic N) is 2. The van der Waals surface area contributed by atoms with Gasteiger partial charge in [-0.2, -0.15) is 0 Å². The number of hydrogen-bond donors (Lipinski definition) is 2. The molecule has 1 heterocycles. The van der Waals surface area contributed by atoms with Crippen LogP contribution in [0, 0.1) is 0 Å². The lowest BCUT2D eigenvalue weighted by Crippen LogP contribution is -2.33. The molecule has 0 saturated heterocycles. The Labute approximate surface area is 149 Å². The zero-order valence-corrected chi connectivity index (χ0v) is 15.2. The second-order valence-electron chi connectivity index (χ2n) is 5.19. The van der Waals surface area contributed by atoms with Gasteiger partial charge in [0, 0.05) is 17.5 Å². The fraction of sp³-hybridized carbons (Fsp3) is 0.375. The summed E-state index contributed by atoms with van der Waals surface area (Å²) < 4.78 is 0. The lowest BCUT2D eigenvalue weighted by Gasteiger charge is -2.10. The van der Waals surface area contributed by atoms with Crippen molar-refractivity contribution in [1.82, 2.24) is 15.5 Å². The van der Waals surface area contributed by atoms with E-state index in [2.05, 4.69) is 20.8 Å². The molecular formula is C16H20N4O2S2. The number of benzene rings is 1. The summed E-state index contributed by atoms with van der Waals surface area (Å²) in [4.78, 5) is 23.8. The first-order valence-corrected chi connectivity index (χ1v) is 9.61. The standard InChI is InChI=1S/C16H20N4O2S2/c1-3-11(2)17-13(21)9-23-10-14-19-20-16(24-14)15(22)18-12-7-5-4-6-8-12/h4-8,11H,3,9-10H2,1-2H3,(H,17,21)(H,18,22)/t11-/m1/s1. The molecule has 0 radical (unpaired) electrons. The van der Waals surface area contributed by atoms with Crippen LogP contribution in [0.15, 0.2) is 30.3 Å². The van der Waals surface area contributed by atoms with Gasteiger partial charge in [-0.1, -0.05) is 36.5 Å². The first-order chi connectivity index (χ1) is 11.6. The zero-order chi connectivity index (χ0) is 17.4. The van der Waals surface area contributed by atoms with E-state index in [0.29, 0.717) is 16.5 Å². The molecule has 0 bridgehead atoms. The number of rotatable bonds is 8. The Kier molecular flexibility index (Phi) is 7.20. The number of hydrogen-bond acceptors (Lipinski definition) is 6. The molecular weight excluding hydrogens is 344 g/mol. The third-order valence-corrected chi connectivity index (χ3v) is 5.22. The molecule has 2 amide bonds. The van der Waals surface area contributed by atoms with E-state index < -0.39 is 0 Å². The van der Waals surface area contributed by atoms with Gasteiger partial charge < -0.3 is 10.6 Å². The van der Waals surface area contributed by atoms with Gasteiger partial charge in [0.2, 0.25) is 10.9 Å². The molecule has 1 aromatic carbocycles. The molecule has 128 valence electrons. The Hall–Kier alpha value is -1.93. The van der Waals surface area contributed by atoms with Crippen molar-refractivity contribution in [1.29, 1.82) is 0 Å². The van der Waals surface area contributed by atoms with Crippen LogP contribution in [0.3, 0.4) is 0 Å². The molecule has 0 aliphatic heterocycles. The summed E-state index contributed by atoms with van der Waals surface area (Å²) in [5.74, 6) is 0.671. The summed E-state index contributed by atoms with van der Waals surface area (Å²) in [5.41, 5.74) is 0.718. The van der Waals surface area contributed by atoms with Crippen LogP contribution in [0.1, 0.15) is 35.1 Å². The Morgan fingerprint density at radius 1 is 1.25 bits per heavy atom. The van der Waals surface area contributed by atoms with Crippen LogP contribution in [0.5, 0.6) is 0 Å². The maximum absolute atomic E-state index is 12.1. The Bertz CT molecular complexity index is 676. The number of para-hydroxylation sites is 1. The quantitative estimate of drug-likeness (QED) is 0.752. The van der Waals surface area contributed by atoms with Gasteiger partial charge in [-0.15, -0.1) is 22.0 Å². The fourth-order valence-corrected chi connectivity index (χ4v) is 3.38. The van der Waals surface area contributed by atoms with Gasteiger partial charge in [0.05, 0.1) is 5.75 Å². The van der Waals surface area contributed by atoms with Crippen LogP contribution >= 0.6 is 23.1 Å². The van der Waals surface area contributed by atoms with Gasteiger partial charge >= 0.3 is 0 Å². The Morgan fingerprint density at radius 3 is 2.71 bits per heavy atom. The van der Waals surface area contributed by atoms with Crippen molar-refractivity contribution >= 4 is 40.6 Å². The van der Waals surface area contributed by atoms with Crippen molar-refractivity contribution in [2.24, 2.45) is 0 Å². The van der Waals surface area contributed by atoms with E-state index in [9.17, 15) is 9.59 Å². The predicted octanol–water partition coefficient (Wildman–Crippen LogP) is 2.94. The number of thioether (sulfide) groups is 1. The number of aromatic nitrogens is 2. The third kappa shape index (κ3) is 5.93. The minimum Gasteiger partial charge on any atom is -0.353 e. The van der Waals surface area contributed by atoms with Gasteiger partial charge in [-0.05, 0) is 25.5 Å². The van der Waals surface area contributed by atoms with Crippen molar-refractivity contribution in [3.8, 4) is 0 Å². The van der Waals surface area contributed by atoms with Gasteiger partial charge in [-0.3, -0.25) is 9.59 Å². The molecule has 2 rings (SSSR count). The SMILES string of the molecule is CC[C@@H](C)NC(=O)CSCc1nnc(C(=O)Nc2ccccc2)s1. The van der Waals surface area contributed by atoms with Crippen molar-refractivity contribution in [2.45, 2.75) is 32.1 Å². The summed E-state index contributed by atoms with van der Waals surface area (Å²) in [6.45, 7) is 4.01. The van der Waals surface area contributed by atoms with Crippen LogP contribution in [0.4, 0.5) is 5.69 Å². The Morgan fingerprint density at radius 2 is 2.00 bits per heavy atom. The number of carbonyl (C=O) groups is 2. The zero-order valence-electron chi connectivity index (χ0n) is 13.6. The molecule has 0 aliphatic carbocycles. The minimum atomic E-state index is -0.274. The molecule has 2 N–H and O–H groups in total. The van der Waals surface area contributed by atoms with Crippen molar-refractivity contribution in [2.75, 3.05) is 11.1 Å². The molecule has 24 heavy (non-hydrogen) atoms. The molecule has 1 aromatic heterocycles. The number of amides is 2. The van der Waals surface area contributed by atoms with E-state index in [1.165, 1.54) is 23.1 Å². The van der Waals surface area contributed by atoms with Gasteiger partial charge in [-0.25, -0.2) is 0 Å². The average Bonchev–Trinajstić information content (AvgIpc) is 3.04. The average molecular weight is 364 g/mol. The molecule has 0 saturated carbocycles. The molecule has 0 unspecified atom stereocenters. The number of nitrogens with one attached hydrogen (secondary N) is 2. The van der Waals surface area contributed by atoms with E-state index in [4.69, 9.17) is 0 Å². The number of carbonyl (C=O) groups excluding carboxylic acids is 2. The van der Waals surface area contributed by atoms with E-state index in [0.717, 1.165) is 17.1 Å². The summed E-state index contributed by atoms with van der Waals surface area (Å²) >= 11 is 2.70. The second kappa shape index (κ2) is 9.39. The Balaban J connectivity index is 1.78. The smallest absolute Gasteiger partial charge is 0.286 e. The monoisotopic (exact) mass is 364 g/mol. The molecule has 2 aromatic rings. The summed E-state index contributed by atoms with van der Waals surface area (Å²) in [5, 5.41) is 14.7. The second-order valence-corrected chi connectivity index (χ2v) is 7.24. The lowest BCUT2D eigenvalue weighted by molar-refractivity contribution is -0.119. The highest BCUT2D eigenvalue weighted by Crippen LogP contribution is 2.18. The van der Waals surface area contributed by atoms with Crippen molar-refractivity contribution in [3.05, 3.63) is 40.3 Å². The fourth-order valence-electron chi connectivity index (χ4n) is 1.76. The first kappa shape index (κ1) is 18.4. The minimum absolute atomic E-state index is 0.0147. The molecule has 1 atom stereocenters. The highest BCUT2D eigenvalue weighted by atomic mass is 32.2. The largest absolute Gasteiger partial charge is 0.353 e. The normalized spacial score (nSPS) is 11.8. The summed E-state index contributed by atoms with van der Waals surface area (Å²) in [6.07, 6.45) is 0.909. The summed E-state index contributed by atoms with van der Waals surface area (Å²) in [7, 11) is 0. The molecule has 0 spiro atoms.